The molecule has 0 saturated carbocycles. The maximum absolute atomic E-state index is 13.7. The molecule has 1 aliphatic rings. The van der Waals surface area contributed by atoms with Crippen LogP contribution in [0.4, 0.5) is 17.6 Å². The van der Waals surface area contributed by atoms with Gasteiger partial charge in [0.25, 0.3) is 0 Å². The molecule has 0 unspecified atom stereocenters. The topological polar surface area (TPSA) is 38.0 Å². The van der Waals surface area contributed by atoms with Crippen molar-refractivity contribution in [3.05, 3.63) is 35.1 Å². The minimum Gasteiger partial charge on any atom is -0.324 e. The van der Waals surface area contributed by atoms with E-state index in [1.54, 1.807) is 0 Å². The summed E-state index contributed by atoms with van der Waals surface area (Å²) in [5.41, 5.74) is 5.05. The Balaban J connectivity index is 2.27. The van der Waals surface area contributed by atoms with E-state index in [1.807, 2.05) is 0 Å². The van der Waals surface area contributed by atoms with Crippen LogP contribution in [0.3, 0.4) is 0 Å². The van der Waals surface area contributed by atoms with E-state index in [0.29, 0.717) is 0 Å². The fourth-order valence-electron chi connectivity index (χ4n) is 2.43. The third kappa shape index (κ3) is 3.25. The number of alkyl halides is 3. The van der Waals surface area contributed by atoms with E-state index < -0.39 is 23.6 Å². The molecule has 1 fully saturated rings. The van der Waals surface area contributed by atoms with Crippen LogP contribution < -0.4 is 11.1 Å². The number of nitrogens with two attached hydrogens (primary N) is 1. The van der Waals surface area contributed by atoms with Gasteiger partial charge in [-0.15, -0.1) is 0 Å². The van der Waals surface area contributed by atoms with E-state index in [9.17, 15) is 17.6 Å². The largest absolute Gasteiger partial charge is 0.416 e. The molecule has 0 spiro atoms. The second kappa shape index (κ2) is 5.46. The molecule has 0 amide bonds. The van der Waals surface area contributed by atoms with Crippen LogP contribution in [0.5, 0.6) is 0 Å². The number of benzene rings is 1. The summed E-state index contributed by atoms with van der Waals surface area (Å²) in [6.07, 6.45) is -2.98. The standard InChI is InChI=1S/C13H16F4N2/c14-11-2-1-9(13(15,16)17)7-10(11)12(18)8-3-5-19-6-4-8/h1-2,7-8,12,19H,3-6,18H2/t12-/m1/s1. The minimum atomic E-state index is -4.48. The number of piperidine rings is 1. The van der Waals surface area contributed by atoms with Crippen LogP contribution in [-0.2, 0) is 6.18 Å². The highest BCUT2D eigenvalue weighted by Gasteiger charge is 2.32. The van der Waals surface area contributed by atoms with Gasteiger partial charge in [0.05, 0.1) is 5.56 Å². The minimum absolute atomic E-state index is 0.0132. The average molecular weight is 276 g/mol. The maximum Gasteiger partial charge on any atom is 0.416 e. The lowest BCUT2D eigenvalue weighted by molar-refractivity contribution is -0.137. The summed E-state index contributed by atoms with van der Waals surface area (Å²) >= 11 is 0. The van der Waals surface area contributed by atoms with Crippen molar-refractivity contribution in [2.45, 2.75) is 25.1 Å². The van der Waals surface area contributed by atoms with Crippen molar-refractivity contribution in [3.63, 3.8) is 0 Å². The van der Waals surface area contributed by atoms with Crippen molar-refractivity contribution < 1.29 is 17.6 Å². The second-order valence-corrected chi connectivity index (χ2v) is 4.85. The predicted octanol–water partition coefficient (Wildman–Crippen LogP) is 2.84. The molecule has 6 heteroatoms. The molecule has 0 aromatic heterocycles. The smallest absolute Gasteiger partial charge is 0.324 e. The van der Waals surface area contributed by atoms with Gasteiger partial charge in [0.1, 0.15) is 5.82 Å². The number of rotatable bonds is 2. The van der Waals surface area contributed by atoms with Crippen LogP contribution in [0.1, 0.15) is 30.0 Å². The molecule has 0 radical (unpaired) electrons. The SMILES string of the molecule is N[C@@H](c1cc(C(F)(F)F)ccc1F)C1CCNCC1. The van der Waals surface area contributed by atoms with Gasteiger partial charge in [-0.05, 0) is 50.0 Å². The van der Waals surface area contributed by atoms with Gasteiger partial charge in [0.2, 0.25) is 0 Å². The Hall–Kier alpha value is -1.14. The van der Waals surface area contributed by atoms with Gasteiger partial charge in [-0.3, -0.25) is 0 Å². The summed E-state index contributed by atoms with van der Waals surface area (Å²) in [7, 11) is 0. The molecular formula is C13H16F4N2. The third-order valence-electron chi connectivity index (χ3n) is 3.57. The molecule has 1 heterocycles. The predicted molar refractivity (Wildman–Crippen MR) is 63.9 cm³/mol. The third-order valence-corrected chi connectivity index (χ3v) is 3.57. The van der Waals surface area contributed by atoms with Crippen molar-refractivity contribution in [3.8, 4) is 0 Å². The van der Waals surface area contributed by atoms with Gasteiger partial charge >= 0.3 is 6.18 Å². The number of nitrogens with one attached hydrogen (secondary N) is 1. The molecule has 0 aliphatic carbocycles. The van der Waals surface area contributed by atoms with Crippen LogP contribution in [0.25, 0.3) is 0 Å². The average Bonchev–Trinajstić information content (AvgIpc) is 2.38. The molecule has 1 saturated heterocycles. The lowest BCUT2D eigenvalue weighted by atomic mass is 9.86. The zero-order valence-electron chi connectivity index (χ0n) is 10.3. The lowest BCUT2D eigenvalue weighted by Gasteiger charge is -2.28. The van der Waals surface area contributed by atoms with Gasteiger partial charge in [-0.25, -0.2) is 4.39 Å². The van der Waals surface area contributed by atoms with Gasteiger partial charge in [0, 0.05) is 11.6 Å². The fraction of sp³-hybridized carbons (Fsp3) is 0.538. The maximum atomic E-state index is 13.7. The number of hydrogen-bond donors (Lipinski definition) is 2. The summed E-state index contributed by atoms with van der Waals surface area (Å²) in [6.45, 7) is 1.53. The summed E-state index contributed by atoms with van der Waals surface area (Å²) in [6, 6.07) is 1.74. The Kier molecular flexibility index (Phi) is 4.10. The van der Waals surface area contributed by atoms with Crippen LogP contribution >= 0.6 is 0 Å². The number of halogens is 4. The monoisotopic (exact) mass is 276 g/mol. The molecule has 3 N–H and O–H groups in total. The van der Waals surface area contributed by atoms with Gasteiger partial charge in [0.15, 0.2) is 0 Å². The molecule has 106 valence electrons. The van der Waals surface area contributed by atoms with Crippen LogP contribution in [0, 0.1) is 11.7 Å². The Labute approximate surface area is 109 Å². The Morgan fingerprint density at radius 2 is 1.84 bits per heavy atom. The Morgan fingerprint density at radius 3 is 2.42 bits per heavy atom. The molecule has 1 aromatic carbocycles. The molecule has 1 aliphatic heterocycles. The first kappa shape index (κ1) is 14.3. The molecule has 19 heavy (non-hydrogen) atoms. The molecule has 2 nitrogen and oxygen atoms in total. The van der Waals surface area contributed by atoms with Crippen molar-refractivity contribution in [1.29, 1.82) is 0 Å². The molecule has 1 aromatic rings. The first-order valence-electron chi connectivity index (χ1n) is 6.22. The van der Waals surface area contributed by atoms with E-state index >= 15 is 0 Å². The first-order chi connectivity index (χ1) is 8.89. The van der Waals surface area contributed by atoms with Crippen molar-refractivity contribution in [2.24, 2.45) is 11.7 Å². The van der Waals surface area contributed by atoms with E-state index in [1.165, 1.54) is 0 Å². The van der Waals surface area contributed by atoms with E-state index in [2.05, 4.69) is 5.32 Å². The van der Waals surface area contributed by atoms with Crippen LogP contribution in [-0.4, -0.2) is 13.1 Å². The van der Waals surface area contributed by atoms with Gasteiger partial charge in [-0.1, -0.05) is 0 Å². The summed E-state index contributed by atoms with van der Waals surface area (Å²) in [5, 5.41) is 3.14. The zero-order chi connectivity index (χ0) is 14.0. The van der Waals surface area contributed by atoms with Crippen molar-refractivity contribution in [2.75, 3.05) is 13.1 Å². The molecule has 0 bridgehead atoms. The van der Waals surface area contributed by atoms with Crippen LogP contribution in [0.15, 0.2) is 18.2 Å². The van der Waals surface area contributed by atoms with Crippen molar-refractivity contribution in [1.82, 2.24) is 5.32 Å². The summed E-state index contributed by atoms with van der Waals surface area (Å²) < 4.78 is 51.6. The number of hydrogen-bond acceptors (Lipinski definition) is 2. The fourth-order valence-corrected chi connectivity index (χ4v) is 2.43. The van der Waals surface area contributed by atoms with Crippen LogP contribution in [0.2, 0.25) is 0 Å². The lowest BCUT2D eigenvalue weighted by Crippen LogP contribution is -2.34. The van der Waals surface area contributed by atoms with Gasteiger partial charge < -0.3 is 11.1 Å². The van der Waals surface area contributed by atoms with Gasteiger partial charge in [-0.2, -0.15) is 13.2 Å². The summed E-state index contributed by atoms with van der Waals surface area (Å²) in [5.74, 6) is -0.654. The first-order valence-corrected chi connectivity index (χ1v) is 6.22. The highest BCUT2D eigenvalue weighted by molar-refractivity contribution is 5.29. The van der Waals surface area contributed by atoms with Crippen molar-refractivity contribution >= 4 is 0 Å². The second-order valence-electron chi connectivity index (χ2n) is 4.85. The molecule has 2 rings (SSSR count). The Morgan fingerprint density at radius 1 is 1.21 bits per heavy atom. The summed E-state index contributed by atoms with van der Waals surface area (Å²) in [4.78, 5) is 0. The van der Waals surface area contributed by atoms with E-state index in [-0.39, 0.29) is 11.5 Å². The normalized spacial score (nSPS) is 19.4. The highest BCUT2D eigenvalue weighted by atomic mass is 19.4. The Bertz CT molecular complexity index is 439. The zero-order valence-corrected chi connectivity index (χ0v) is 10.3. The molecule has 1 atom stereocenters. The van der Waals surface area contributed by atoms with E-state index in [4.69, 9.17) is 5.73 Å². The quantitative estimate of drug-likeness (QED) is 0.815. The molecular weight excluding hydrogens is 260 g/mol. The highest BCUT2D eigenvalue weighted by Crippen LogP contribution is 2.34. The van der Waals surface area contributed by atoms with E-state index in [0.717, 1.165) is 44.1 Å².